The van der Waals surface area contributed by atoms with E-state index in [1.807, 2.05) is 0 Å². The Kier molecular flexibility index (Phi) is 6.58. The van der Waals surface area contributed by atoms with E-state index in [9.17, 15) is 22.4 Å². The maximum Gasteiger partial charge on any atom is 0.259 e. The number of benzene rings is 2. The van der Waals surface area contributed by atoms with Crippen molar-refractivity contribution in [2.24, 2.45) is 5.73 Å². The largest absolute Gasteiger partial charge is 0.454 e. The second kappa shape index (κ2) is 9.68. The molecule has 2 aromatic rings. The van der Waals surface area contributed by atoms with Gasteiger partial charge in [0.15, 0.2) is 17.7 Å². The van der Waals surface area contributed by atoms with Crippen LogP contribution in [0.2, 0.25) is 0 Å². The average Bonchev–Trinajstić information content (AvgIpc) is 3.52. The lowest BCUT2D eigenvalue weighted by Gasteiger charge is -2.32. The van der Waals surface area contributed by atoms with Crippen molar-refractivity contribution in [1.29, 1.82) is 0 Å². The van der Waals surface area contributed by atoms with Gasteiger partial charge in [-0.3, -0.25) is 9.59 Å². The van der Waals surface area contributed by atoms with Gasteiger partial charge in [0.2, 0.25) is 16.8 Å². The minimum atomic E-state index is -4.21. The van der Waals surface area contributed by atoms with Crippen LogP contribution < -0.4 is 20.5 Å². The summed E-state index contributed by atoms with van der Waals surface area (Å²) in [5.74, 6) is -0.794. The molecule has 0 aromatic heterocycles. The van der Waals surface area contributed by atoms with Crippen molar-refractivity contribution in [3.05, 3.63) is 53.8 Å². The Balaban J connectivity index is 1.45. The fraction of sp³-hybridized carbons (Fsp3) is 0.417. The smallest absolute Gasteiger partial charge is 0.259 e. The van der Waals surface area contributed by atoms with Crippen molar-refractivity contribution in [1.82, 2.24) is 14.5 Å². The van der Waals surface area contributed by atoms with Crippen molar-refractivity contribution in [2.45, 2.75) is 48.8 Å². The van der Waals surface area contributed by atoms with Crippen molar-refractivity contribution in [2.75, 3.05) is 19.9 Å². The summed E-state index contributed by atoms with van der Waals surface area (Å²) in [4.78, 5) is 28.1. The van der Waals surface area contributed by atoms with Gasteiger partial charge in [-0.25, -0.2) is 12.8 Å². The molecule has 2 fully saturated rings. The van der Waals surface area contributed by atoms with E-state index in [1.54, 1.807) is 12.1 Å². The number of carbonyl (C=O) groups is 2. The molecule has 5 rings (SSSR count). The minimum absolute atomic E-state index is 0.00132. The zero-order chi connectivity index (χ0) is 25.4. The van der Waals surface area contributed by atoms with Crippen LogP contribution in [0, 0.1) is 5.82 Å². The molecule has 1 aliphatic carbocycles. The molecule has 1 unspecified atom stereocenters. The fourth-order valence-corrected chi connectivity index (χ4v) is 6.36. The van der Waals surface area contributed by atoms with Crippen molar-refractivity contribution < 1.29 is 31.9 Å². The van der Waals surface area contributed by atoms with Crippen LogP contribution in [-0.4, -0.2) is 67.6 Å². The van der Waals surface area contributed by atoms with Gasteiger partial charge in [-0.1, -0.05) is 0 Å². The van der Waals surface area contributed by atoms with E-state index in [4.69, 9.17) is 15.2 Å². The Morgan fingerprint density at radius 2 is 1.67 bits per heavy atom. The molecule has 12 heteroatoms. The Hall–Kier alpha value is -3.22. The summed E-state index contributed by atoms with van der Waals surface area (Å²) in [5, 5.41) is 2.92. The first-order valence-corrected chi connectivity index (χ1v) is 13.2. The third kappa shape index (κ3) is 4.63. The molecule has 2 amide bonds. The number of nitrogens with two attached hydrogens (primary N) is 1. The molecular formula is C24H27FN4O6S. The van der Waals surface area contributed by atoms with Crippen LogP contribution in [0.3, 0.4) is 0 Å². The molecule has 0 bridgehead atoms. The Labute approximate surface area is 208 Å². The number of halogens is 1. The van der Waals surface area contributed by atoms with Crippen molar-refractivity contribution >= 4 is 21.8 Å². The van der Waals surface area contributed by atoms with Gasteiger partial charge in [0.1, 0.15) is 5.82 Å². The number of sulfonamides is 1. The normalized spacial score (nSPS) is 24.1. The molecule has 3 N–H and O–H groups in total. The fourth-order valence-electron chi connectivity index (χ4n) is 4.82. The maximum atomic E-state index is 13.5. The zero-order valence-electron chi connectivity index (χ0n) is 19.4. The molecule has 0 radical (unpaired) electrons. The summed E-state index contributed by atoms with van der Waals surface area (Å²) >= 11 is 0. The number of ether oxygens (including phenoxy) is 2. The Bertz CT molecular complexity index is 1260. The molecule has 2 aliphatic heterocycles. The van der Waals surface area contributed by atoms with Gasteiger partial charge < -0.3 is 25.4 Å². The van der Waals surface area contributed by atoms with Gasteiger partial charge >= 0.3 is 0 Å². The summed E-state index contributed by atoms with van der Waals surface area (Å²) in [7, 11) is -4.21. The molecule has 0 spiro atoms. The first kappa shape index (κ1) is 24.5. The summed E-state index contributed by atoms with van der Waals surface area (Å²) in [6.45, 7) is -0.0542. The number of rotatable bonds is 5. The summed E-state index contributed by atoms with van der Waals surface area (Å²) in [5.41, 5.74) is 6.21. The average molecular weight is 519 g/mol. The van der Waals surface area contributed by atoms with Crippen molar-refractivity contribution in [3.63, 3.8) is 0 Å². The van der Waals surface area contributed by atoms with Crippen LogP contribution in [0.5, 0.6) is 11.5 Å². The third-order valence-corrected chi connectivity index (χ3v) is 8.65. The predicted molar refractivity (Wildman–Crippen MR) is 126 cm³/mol. The number of carbonyl (C=O) groups excluding carboxylic acids is 2. The highest BCUT2D eigenvalue weighted by molar-refractivity contribution is 7.89. The van der Waals surface area contributed by atoms with E-state index < -0.39 is 33.8 Å². The van der Waals surface area contributed by atoms with Crippen LogP contribution in [0.4, 0.5) is 4.39 Å². The van der Waals surface area contributed by atoms with Crippen LogP contribution >= 0.6 is 0 Å². The molecule has 192 valence electrons. The molecule has 10 nitrogen and oxygen atoms in total. The third-order valence-electron chi connectivity index (χ3n) is 6.78. The SMILES string of the molecule is NC1CCC(NC(=O)C2N(C(=O)c3ccc4c(c3)OCO4)CCN2S(=O)(=O)c2ccc(F)cc2)CC1. The molecule has 2 aromatic carbocycles. The predicted octanol–water partition coefficient (Wildman–Crippen LogP) is 1.41. The summed E-state index contributed by atoms with van der Waals surface area (Å²) in [6.07, 6.45) is 1.41. The monoisotopic (exact) mass is 518 g/mol. The number of nitrogens with one attached hydrogen (secondary N) is 1. The van der Waals surface area contributed by atoms with E-state index in [-0.39, 0.29) is 42.4 Å². The van der Waals surface area contributed by atoms with Crippen molar-refractivity contribution in [3.8, 4) is 11.5 Å². The quantitative estimate of drug-likeness (QED) is 0.612. The molecular weight excluding hydrogens is 491 g/mol. The lowest BCUT2D eigenvalue weighted by Crippen LogP contribution is -2.56. The van der Waals surface area contributed by atoms with Gasteiger partial charge in [0.05, 0.1) is 4.90 Å². The van der Waals surface area contributed by atoms with Crippen LogP contribution in [0.15, 0.2) is 47.4 Å². The number of hydrogen-bond acceptors (Lipinski definition) is 7. The van der Waals surface area contributed by atoms with Gasteiger partial charge in [-0.05, 0) is 68.1 Å². The highest BCUT2D eigenvalue weighted by atomic mass is 32.2. The van der Waals surface area contributed by atoms with E-state index in [1.165, 1.54) is 11.0 Å². The lowest BCUT2D eigenvalue weighted by molar-refractivity contribution is -0.128. The highest BCUT2D eigenvalue weighted by Gasteiger charge is 2.47. The molecule has 1 saturated heterocycles. The second-order valence-corrected chi connectivity index (χ2v) is 11.0. The van der Waals surface area contributed by atoms with Crippen LogP contribution in [0.25, 0.3) is 0 Å². The zero-order valence-corrected chi connectivity index (χ0v) is 20.2. The van der Waals surface area contributed by atoms with E-state index >= 15 is 0 Å². The summed E-state index contributed by atoms with van der Waals surface area (Å²) < 4.78 is 52.1. The van der Waals surface area contributed by atoms with Gasteiger partial charge in [-0.15, -0.1) is 0 Å². The molecule has 2 heterocycles. The van der Waals surface area contributed by atoms with Gasteiger partial charge in [0, 0.05) is 30.7 Å². The van der Waals surface area contributed by atoms with Gasteiger partial charge in [-0.2, -0.15) is 4.31 Å². The number of nitrogens with zero attached hydrogens (tertiary/aromatic N) is 2. The summed E-state index contributed by atoms with van der Waals surface area (Å²) in [6, 6.07) is 8.93. The highest BCUT2D eigenvalue weighted by Crippen LogP contribution is 2.34. The number of fused-ring (bicyclic) bond motifs is 1. The molecule has 3 aliphatic rings. The number of amides is 2. The Morgan fingerprint density at radius 3 is 2.39 bits per heavy atom. The van der Waals surface area contributed by atoms with Crippen LogP contribution in [0.1, 0.15) is 36.0 Å². The van der Waals surface area contributed by atoms with E-state index in [0.717, 1.165) is 41.4 Å². The molecule has 36 heavy (non-hydrogen) atoms. The topological polar surface area (TPSA) is 131 Å². The first-order valence-electron chi connectivity index (χ1n) is 11.8. The number of hydrogen-bond donors (Lipinski definition) is 2. The standard InChI is InChI=1S/C24H27FN4O6S/c25-16-2-8-19(9-3-16)36(32,33)29-12-11-28(23(29)22(30)27-18-6-4-17(26)5-7-18)24(31)15-1-10-20-21(13-15)35-14-34-20/h1-3,8-10,13,17-18,23H,4-7,11-12,14,26H2,(H,27,30). The van der Waals surface area contributed by atoms with E-state index in [0.29, 0.717) is 24.3 Å². The molecule has 1 saturated carbocycles. The minimum Gasteiger partial charge on any atom is -0.454 e. The first-order chi connectivity index (χ1) is 17.2. The molecule has 1 atom stereocenters. The van der Waals surface area contributed by atoms with Crippen LogP contribution in [-0.2, 0) is 14.8 Å². The van der Waals surface area contributed by atoms with E-state index in [2.05, 4.69) is 5.32 Å². The lowest BCUT2D eigenvalue weighted by atomic mass is 9.92. The second-order valence-electron chi connectivity index (χ2n) is 9.13. The van der Waals surface area contributed by atoms with Gasteiger partial charge in [0.25, 0.3) is 11.8 Å². The maximum absolute atomic E-state index is 13.5. The Morgan fingerprint density at radius 1 is 0.972 bits per heavy atom.